The Morgan fingerprint density at radius 1 is 1.03 bits per heavy atom. The van der Waals surface area contributed by atoms with Crippen molar-refractivity contribution in [2.24, 2.45) is 0 Å². The van der Waals surface area contributed by atoms with Crippen molar-refractivity contribution in [3.05, 3.63) is 80.9 Å². The van der Waals surface area contributed by atoms with Crippen molar-refractivity contribution in [1.29, 1.82) is 0 Å². The van der Waals surface area contributed by atoms with E-state index in [-0.39, 0.29) is 23.8 Å². The van der Waals surface area contributed by atoms with Gasteiger partial charge in [-0.2, -0.15) is 0 Å². The first-order valence-electron chi connectivity index (χ1n) is 11.6. The van der Waals surface area contributed by atoms with Gasteiger partial charge in [0.2, 0.25) is 0 Å². The maximum Gasteiger partial charge on any atom is 0.335 e. The highest BCUT2D eigenvalue weighted by Crippen LogP contribution is 2.35. The molecule has 3 aromatic rings. The standard InChI is InChI=1S/C28H24IN3O7/c1-16-6-4-5-7-22(16)30-24(33)15-39-25-21(29)13-17(14-23(25)38-3)12-20-26(34)31-28(36)32(27(20)35)18-8-10-19(37-2)11-9-18/h4-14H,15H2,1-3H3,(H,30,33)(H,31,34,36)/b20-12+. The molecule has 1 saturated heterocycles. The number of nitrogens with zero attached hydrogens (tertiary/aromatic N) is 1. The van der Waals surface area contributed by atoms with Crippen molar-refractivity contribution in [2.45, 2.75) is 6.92 Å². The van der Waals surface area contributed by atoms with Gasteiger partial charge in [0.1, 0.15) is 11.3 Å². The number of urea groups is 1. The Bertz CT molecular complexity index is 1480. The molecule has 3 aromatic carbocycles. The van der Waals surface area contributed by atoms with Crippen LogP contribution in [0.15, 0.2) is 66.2 Å². The fourth-order valence-corrected chi connectivity index (χ4v) is 4.57. The van der Waals surface area contributed by atoms with E-state index in [2.05, 4.69) is 10.6 Å². The maximum absolute atomic E-state index is 13.2. The lowest BCUT2D eigenvalue weighted by Crippen LogP contribution is -2.54. The number of para-hydroxylation sites is 1. The summed E-state index contributed by atoms with van der Waals surface area (Å²) >= 11 is 2.01. The van der Waals surface area contributed by atoms with Gasteiger partial charge in [-0.15, -0.1) is 0 Å². The molecule has 0 unspecified atom stereocenters. The van der Waals surface area contributed by atoms with Gasteiger partial charge in [-0.05, 0) is 89.2 Å². The number of methoxy groups -OCH3 is 2. The zero-order valence-electron chi connectivity index (χ0n) is 21.2. The summed E-state index contributed by atoms with van der Waals surface area (Å²) in [5.74, 6) is -0.778. The Labute approximate surface area is 238 Å². The van der Waals surface area contributed by atoms with Crippen LogP contribution in [0.5, 0.6) is 17.2 Å². The van der Waals surface area contributed by atoms with Crippen molar-refractivity contribution in [1.82, 2.24) is 5.32 Å². The molecule has 2 N–H and O–H groups in total. The van der Waals surface area contributed by atoms with E-state index in [1.54, 1.807) is 30.3 Å². The zero-order valence-corrected chi connectivity index (χ0v) is 23.4. The number of hydrogen-bond donors (Lipinski definition) is 2. The maximum atomic E-state index is 13.2. The molecular formula is C28H24IN3O7. The third kappa shape index (κ3) is 6.20. The molecule has 0 radical (unpaired) electrons. The van der Waals surface area contributed by atoms with Crippen LogP contribution in [0.3, 0.4) is 0 Å². The van der Waals surface area contributed by atoms with Gasteiger partial charge in [-0.1, -0.05) is 18.2 Å². The van der Waals surface area contributed by atoms with Crippen molar-refractivity contribution in [3.8, 4) is 17.2 Å². The monoisotopic (exact) mass is 641 g/mol. The van der Waals surface area contributed by atoms with Crippen molar-refractivity contribution < 1.29 is 33.4 Å². The number of aryl methyl sites for hydroxylation is 1. The molecule has 4 rings (SSSR count). The molecule has 0 spiro atoms. The third-order valence-corrected chi connectivity index (χ3v) is 6.56. The summed E-state index contributed by atoms with van der Waals surface area (Å²) in [5.41, 5.74) is 2.10. The number of benzene rings is 3. The second-order valence-corrected chi connectivity index (χ2v) is 9.50. The topological polar surface area (TPSA) is 123 Å². The van der Waals surface area contributed by atoms with Gasteiger partial charge in [-0.3, -0.25) is 19.7 Å². The molecule has 1 aliphatic heterocycles. The smallest absolute Gasteiger partial charge is 0.335 e. The van der Waals surface area contributed by atoms with Crippen LogP contribution in [0, 0.1) is 10.5 Å². The number of barbiturate groups is 1. The Hall–Kier alpha value is -4.39. The quantitative estimate of drug-likeness (QED) is 0.214. The predicted octanol–water partition coefficient (Wildman–Crippen LogP) is 4.30. The van der Waals surface area contributed by atoms with E-state index in [0.717, 1.165) is 10.5 Å². The molecule has 1 fully saturated rings. The van der Waals surface area contributed by atoms with Gasteiger partial charge in [0.25, 0.3) is 17.7 Å². The van der Waals surface area contributed by atoms with Gasteiger partial charge in [0, 0.05) is 5.69 Å². The Balaban J connectivity index is 1.56. The molecule has 0 bridgehead atoms. The number of rotatable bonds is 8. The largest absolute Gasteiger partial charge is 0.497 e. The van der Waals surface area contributed by atoms with Gasteiger partial charge in [-0.25, -0.2) is 9.69 Å². The molecule has 0 aliphatic carbocycles. The highest BCUT2D eigenvalue weighted by Gasteiger charge is 2.37. The third-order valence-electron chi connectivity index (χ3n) is 5.76. The number of anilines is 2. The first kappa shape index (κ1) is 27.6. The van der Waals surface area contributed by atoms with E-state index in [9.17, 15) is 19.2 Å². The average Bonchev–Trinajstić information content (AvgIpc) is 2.91. The van der Waals surface area contributed by atoms with Crippen molar-refractivity contribution in [2.75, 3.05) is 31.0 Å². The van der Waals surface area contributed by atoms with Gasteiger partial charge >= 0.3 is 6.03 Å². The van der Waals surface area contributed by atoms with Crippen LogP contribution in [-0.4, -0.2) is 44.6 Å². The minimum Gasteiger partial charge on any atom is -0.497 e. The predicted molar refractivity (Wildman–Crippen MR) is 153 cm³/mol. The molecule has 1 aliphatic rings. The number of halogens is 1. The molecule has 0 aromatic heterocycles. The summed E-state index contributed by atoms with van der Waals surface area (Å²) in [6.07, 6.45) is 1.36. The van der Waals surface area contributed by atoms with E-state index in [1.807, 2.05) is 47.7 Å². The number of nitrogens with one attached hydrogen (secondary N) is 2. The molecule has 0 saturated carbocycles. The molecule has 39 heavy (non-hydrogen) atoms. The van der Waals surface area contributed by atoms with Crippen LogP contribution in [0.4, 0.5) is 16.2 Å². The van der Waals surface area contributed by atoms with Crippen LogP contribution in [0.25, 0.3) is 6.08 Å². The zero-order chi connectivity index (χ0) is 28.1. The molecule has 5 amide bonds. The second-order valence-electron chi connectivity index (χ2n) is 8.34. The lowest BCUT2D eigenvalue weighted by Gasteiger charge is -2.26. The summed E-state index contributed by atoms with van der Waals surface area (Å²) in [6.45, 7) is 1.63. The second kappa shape index (κ2) is 12.0. The highest BCUT2D eigenvalue weighted by atomic mass is 127. The van der Waals surface area contributed by atoms with Gasteiger partial charge in [0.05, 0.1) is 23.5 Å². The average molecular weight is 641 g/mol. The van der Waals surface area contributed by atoms with Crippen LogP contribution >= 0.6 is 22.6 Å². The summed E-state index contributed by atoms with van der Waals surface area (Å²) < 4.78 is 16.9. The number of amides is 5. The Morgan fingerprint density at radius 3 is 2.41 bits per heavy atom. The first-order valence-corrected chi connectivity index (χ1v) is 12.7. The van der Waals surface area contributed by atoms with Crippen LogP contribution in [0.2, 0.25) is 0 Å². The van der Waals surface area contributed by atoms with E-state index in [1.165, 1.54) is 32.4 Å². The summed E-state index contributed by atoms with van der Waals surface area (Å²) in [7, 11) is 2.94. The number of ether oxygens (including phenoxy) is 3. The Morgan fingerprint density at radius 2 is 1.74 bits per heavy atom. The van der Waals surface area contributed by atoms with Crippen molar-refractivity contribution in [3.63, 3.8) is 0 Å². The van der Waals surface area contributed by atoms with Crippen LogP contribution < -0.4 is 29.7 Å². The first-order chi connectivity index (χ1) is 18.7. The molecular weight excluding hydrogens is 617 g/mol. The summed E-state index contributed by atoms with van der Waals surface area (Å²) in [6, 6.07) is 16.0. The van der Waals surface area contributed by atoms with E-state index >= 15 is 0 Å². The molecule has 200 valence electrons. The van der Waals surface area contributed by atoms with E-state index in [4.69, 9.17) is 14.2 Å². The number of carbonyl (C=O) groups is 4. The molecule has 11 heteroatoms. The van der Waals surface area contributed by atoms with E-state index < -0.39 is 17.8 Å². The van der Waals surface area contributed by atoms with Gasteiger partial charge in [0.15, 0.2) is 18.1 Å². The number of hydrogen-bond acceptors (Lipinski definition) is 7. The van der Waals surface area contributed by atoms with Crippen molar-refractivity contribution >= 4 is 63.8 Å². The summed E-state index contributed by atoms with van der Waals surface area (Å²) in [5, 5.41) is 5.00. The molecule has 10 nitrogen and oxygen atoms in total. The lowest BCUT2D eigenvalue weighted by atomic mass is 10.1. The normalized spacial score (nSPS) is 14.2. The molecule has 0 atom stereocenters. The fourth-order valence-electron chi connectivity index (χ4n) is 3.79. The van der Waals surface area contributed by atoms with Crippen LogP contribution in [-0.2, 0) is 14.4 Å². The highest BCUT2D eigenvalue weighted by molar-refractivity contribution is 14.1. The minimum absolute atomic E-state index is 0.241. The lowest BCUT2D eigenvalue weighted by molar-refractivity contribution is -0.122. The fraction of sp³-hybridized carbons (Fsp3) is 0.143. The molecule has 1 heterocycles. The van der Waals surface area contributed by atoms with Crippen LogP contribution in [0.1, 0.15) is 11.1 Å². The summed E-state index contributed by atoms with van der Waals surface area (Å²) in [4.78, 5) is 51.6. The SMILES string of the molecule is COc1ccc(N2C(=O)NC(=O)/C(=C\c3cc(I)c(OCC(=O)Nc4ccccc4C)c(OC)c3)C2=O)cc1. The van der Waals surface area contributed by atoms with E-state index in [0.29, 0.717) is 32.1 Å². The number of imide groups is 2. The minimum atomic E-state index is -0.854. The Kier molecular flexibility index (Phi) is 8.49. The van der Waals surface area contributed by atoms with Gasteiger partial charge < -0.3 is 19.5 Å². The number of carbonyl (C=O) groups excluding carboxylic acids is 4.